The van der Waals surface area contributed by atoms with Crippen LogP contribution in [0.15, 0.2) is 35.2 Å². The Bertz CT molecular complexity index is 509. The fourth-order valence-electron chi connectivity index (χ4n) is 1.67. The Morgan fingerprint density at radius 1 is 1.12 bits per heavy atom. The quantitative estimate of drug-likeness (QED) is 0.791. The Balaban J connectivity index is 2.06. The van der Waals surface area contributed by atoms with Gasteiger partial charge in [-0.1, -0.05) is 6.07 Å². The summed E-state index contributed by atoms with van der Waals surface area (Å²) in [6.07, 6.45) is 4.26. The standard InChI is InChI=1S/C12H10BrN3/c13-12-15-10(8-4-5-8)7-11(16-12)9-3-1-2-6-14-9/h1-3,6-8H,4-5H2. The van der Waals surface area contributed by atoms with E-state index >= 15 is 0 Å². The van der Waals surface area contributed by atoms with E-state index in [1.807, 2.05) is 24.3 Å². The molecule has 1 saturated carbocycles. The van der Waals surface area contributed by atoms with E-state index in [1.165, 1.54) is 12.8 Å². The third-order valence-electron chi connectivity index (χ3n) is 2.64. The van der Waals surface area contributed by atoms with Crippen molar-refractivity contribution in [2.45, 2.75) is 18.8 Å². The van der Waals surface area contributed by atoms with E-state index in [0.717, 1.165) is 17.1 Å². The predicted octanol–water partition coefficient (Wildman–Crippen LogP) is 3.18. The van der Waals surface area contributed by atoms with Gasteiger partial charge >= 0.3 is 0 Å². The van der Waals surface area contributed by atoms with Gasteiger partial charge in [0.15, 0.2) is 4.73 Å². The zero-order valence-corrected chi connectivity index (χ0v) is 10.2. The number of halogens is 1. The Hall–Kier alpha value is -1.29. The molecule has 1 aliphatic rings. The summed E-state index contributed by atoms with van der Waals surface area (Å²) < 4.78 is 0.651. The molecule has 0 bridgehead atoms. The van der Waals surface area contributed by atoms with Crippen LogP contribution in [0.4, 0.5) is 0 Å². The molecule has 0 radical (unpaired) electrons. The first-order valence-electron chi connectivity index (χ1n) is 5.29. The lowest BCUT2D eigenvalue weighted by Crippen LogP contribution is -1.94. The molecule has 1 aliphatic carbocycles. The average molecular weight is 276 g/mol. The molecule has 0 aliphatic heterocycles. The molecule has 4 heteroatoms. The molecule has 80 valence electrons. The zero-order chi connectivity index (χ0) is 11.0. The van der Waals surface area contributed by atoms with Crippen molar-refractivity contribution in [3.8, 4) is 11.4 Å². The summed E-state index contributed by atoms with van der Waals surface area (Å²) in [4.78, 5) is 13.1. The lowest BCUT2D eigenvalue weighted by Gasteiger charge is -2.03. The van der Waals surface area contributed by atoms with Crippen molar-refractivity contribution in [1.29, 1.82) is 0 Å². The minimum atomic E-state index is 0.627. The molecule has 16 heavy (non-hydrogen) atoms. The molecule has 0 amide bonds. The topological polar surface area (TPSA) is 38.7 Å². The first-order chi connectivity index (χ1) is 7.83. The summed E-state index contributed by atoms with van der Waals surface area (Å²) in [5, 5.41) is 0. The van der Waals surface area contributed by atoms with Gasteiger partial charge in [-0.05, 0) is 47.0 Å². The molecule has 0 spiro atoms. The van der Waals surface area contributed by atoms with Crippen LogP contribution in [0, 0.1) is 0 Å². The van der Waals surface area contributed by atoms with Crippen molar-refractivity contribution in [3.05, 3.63) is 40.9 Å². The highest BCUT2D eigenvalue weighted by Crippen LogP contribution is 2.40. The molecule has 1 fully saturated rings. The summed E-state index contributed by atoms with van der Waals surface area (Å²) >= 11 is 3.36. The van der Waals surface area contributed by atoms with Gasteiger partial charge in [-0.25, -0.2) is 9.97 Å². The second-order valence-electron chi connectivity index (χ2n) is 3.94. The van der Waals surface area contributed by atoms with Crippen LogP contribution in [-0.4, -0.2) is 15.0 Å². The van der Waals surface area contributed by atoms with Gasteiger partial charge in [0.2, 0.25) is 0 Å². The van der Waals surface area contributed by atoms with E-state index < -0.39 is 0 Å². The van der Waals surface area contributed by atoms with E-state index in [1.54, 1.807) is 6.20 Å². The molecule has 0 saturated heterocycles. The Morgan fingerprint density at radius 2 is 2.00 bits per heavy atom. The number of hydrogen-bond acceptors (Lipinski definition) is 3. The van der Waals surface area contributed by atoms with E-state index in [0.29, 0.717) is 10.7 Å². The molecule has 0 atom stereocenters. The van der Waals surface area contributed by atoms with Crippen LogP contribution in [0.1, 0.15) is 24.5 Å². The Labute approximate surface area is 102 Å². The summed E-state index contributed by atoms with van der Waals surface area (Å²) in [6, 6.07) is 7.88. The first-order valence-corrected chi connectivity index (χ1v) is 6.08. The van der Waals surface area contributed by atoms with E-state index in [9.17, 15) is 0 Å². The number of hydrogen-bond donors (Lipinski definition) is 0. The molecule has 2 aromatic rings. The fourth-order valence-corrected chi connectivity index (χ4v) is 2.07. The van der Waals surface area contributed by atoms with Gasteiger partial charge in [-0.15, -0.1) is 0 Å². The Kier molecular flexibility index (Phi) is 2.44. The molecule has 0 N–H and O–H groups in total. The van der Waals surface area contributed by atoms with Gasteiger partial charge in [-0.2, -0.15) is 0 Å². The van der Waals surface area contributed by atoms with Crippen LogP contribution in [0.2, 0.25) is 0 Å². The lowest BCUT2D eigenvalue weighted by atomic mass is 10.2. The predicted molar refractivity (Wildman–Crippen MR) is 64.9 cm³/mol. The number of nitrogens with zero attached hydrogens (tertiary/aromatic N) is 3. The third kappa shape index (κ3) is 1.97. The molecule has 3 nitrogen and oxygen atoms in total. The second kappa shape index (κ2) is 3.94. The van der Waals surface area contributed by atoms with Crippen LogP contribution in [0.25, 0.3) is 11.4 Å². The molecule has 2 aromatic heterocycles. The highest BCUT2D eigenvalue weighted by Gasteiger charge is 2.26. The lowest BCUT2D eigenvalue weighted by molar-refractivity contribution is 0.963. The van der Waals surface area contributed by atoms with Gasteiger partial charge in [0.1, 0.15) is 0 Å². The van der Waals surface area contributed by atoms with Crippen molar-refractivity contribution in [1.82, 2.24) is 15.0 Å². The van der Waals surface area contributed by atoms with Gasteiger partial charge in [0.05, 0.1) is 11.4 Å². The van der Waals surface area contributed by atoms with Crippen molar-refractivity contribution in [3.63, 3.8) is 0 Å². The van der Waals surface area contributed by atoms with Gasteiger partial charge in [0.25, 0.3) is 0 Å². The molecular formula is C12H10BrN3. The third-order valence-corrected chi connectivity index (χ3v) is 3.00. The van der Waals surface area contributed by atoms with Crippen molar-refractivity contribution >= 4 is 15.9 Å². The summed E-state index contributed by atoms with van der Waals surface area (Å²) in [7, 11) is 0. The monoisotopic (exact) mass is 275 g/mol. The summed E-state index contributed by atoms with van der Waals surface area (Å²) in [6.45, 7) is 0. The normalized spacial score (nSPS) is 15.1. The second-order valence-corrected chi connectivity index (χ2v) is 4.65. The van der Waals surface area contributed by atoms with Crippen LogP contribution in [0.5, 0.6) is 0 Å². The largest absolute Gasteiger partial charge is 0.255 e. The number of rotatable bonds is 2. The maximum Gasteiger partial charge on any atom is 0.197 e. The zero-order valence-electron chi connectivity index (χ0n) is 8.60. The molecule has 2 heterocycles. The highest BCUT2D eigenvalue weighted by molar-refractivity contribution is 9.10. The average Bonchev–Trinajstić information content (AvgIpc) is 3.13. The maximum atomic E-state index is 4.40. The smallest absolute Gasteiger partial charge is 0.197 e. The van der Waals surface area contributed by atoms with Crippen molar-refractivity contribution in [2.75, 3.05) is 0 Å². The van der Waals surface area contributed by atoms with Gasteiger partial charge in [-0.3, -0.25) is 4.98 Å². The van der Waals surface area contributed by atoms with Crippen molar-refractivity contribution in [2.24, 2.45) is 0 Å². The molecule has 0 unspecified atom stereocenters. The highest BCUT2D eigenvalue weighted by atomic mass is 79.9. The maximum absolute atomic E-state index is 4.40. The van der Waals surface area contributed by atoms with Crippen LogP contribution < -0.4 is 0 Å². The van der Waals surface area contributed by atoms with Gasteiger partial charge < -0.3 is 0 Å². The summed E-state index contributed by atoms with van der Waals surface area (Å²) in [5.74, 6) is 0.627. The molecule has 0 aromatic carbocycles. The van der Waals surface area contributed by atoms with Crippen molar-refractivity contribution < 1.29 is 0 Å². The van der Waals surface area contributed by atoms with Crippen LogP contribution in [-0.2, 0) is 0 Å². The van der Waals surface area contributed by atoms with Crippen LogP contribution >= 0.6 is 15.9 Å². The first kappa shape index (κ1) is 9.90. The fraction of sp³-hybridized carbons (Fsp3) is 0.250. The van der Waals surface area contributed by atoms with E-state index in [4.69, 9.17) is 0 Å². The van der Waals surface area contributed by atoms with E-state index in [2.05, 4.69) is 30.9 Å². The number of pyridine rings is 1. The van der Waals surface area contributed by atoms with Crippen LogP contribution in [0.3, 0.4) is 0 Å². The minimum Gasteiger partial charge on any atom is -0.255 e. The summed E-state index contributed by atoms with van der Waals surface area (Å²) in [5.41, 5.74) is 2.92. The van der Waals surface area contributed by atoms with Gasteiger partial charge in [0, 0.05) is 17.8 Å². The molecular weight excluding hydrogens is 266 g/mol. The molecule has 3 rings (SSSR count). The SMILES string of the molecule is Brc1nc(-c2ccccn2)cc(C2CC2)n1. The number of aromatic nitrogens is 3. The Morgan fingerprint density at radius 3 is 2.69 bits per heavy atom. The van der Waals surface area contributed by atoms with E-state index in [-0.39, 0.29) is 0 Å². The minimum absolute atomic E-state index is 0.627.